The number of carbonyl (C=O) groups excluding carboxylic acids is 2. The molecule has 3 amide bonds. The summed E-state index contributed by atoms with van der Waals surface area (Å²) < 4.78 is 13.1. The number of benzene rings is 2. The van der Waals surface area contributed by atoms with Crippen LogP contribution < -0.4 is 14.8 Å². The summed E-state index contributed by atoms with van der Waals surface area (Å²) in [5, 5.41) is 11.3. The van der Waals surface area contributed by atoms with Gasteiger partial charge in [0.15, 0.2) is 11.5 Å². The van der Waals surface area contributed by atoms with Crippen LogP contribution in [0.3, 0.4) is 0 Å². The number of aliphatic carboxylic acids is 1. The van der Waals surface area contributed by atoms with Gasteiger partial charge in [0, 0.05) is 9.13 Å². The third-order valence-corrected chi connectivity index (χ3v) is 5.40. The zero-order chi connectivity index (χ0) is 24.0. The molecular weight excluding hydrogens is 539 g/mol. The molecule has 8 nitrogen and oxygen atoms in total. The Morgan fingerprint density at radius 2 is 1.94 bits per heavy atom. The molecule has 0 aromatic heterocycles. The molecule has 1 heterocycles. The summed E-state index contributed by atoms with van der Waals surface area (Å²) >= 11 is 2.24. The Kier molecular flexibility index (Phi) is 8.10. The Balaban J connectivity index is 1.93. The second kappa shape index (κ2) is 11.0. The second-order valence-electron chi connectivity index (χ2n) is 7.12. The highest BCUT2D eigenvalue weighted by molar-refractivity contribution is 14.1. The van der Waals surface area contributed by atoms with Crippen LogP contribution in [0.15, 0.2) is 54.8 Å². The number of imide groups is 1. The molecule has 33 heavy (non-hydrogen) atoms. The van der Waals surface area contributed by atoms with Crippen molar-refractivity contribution in [3.63, 3.8) is 0 Å². The van der Waals surface area contributed by atoms with Crippen LogP contribution in [0.2, 0.25) is 0 Å². The van der Waals surface area contributed by atoms with Gasteiger partial charge in [0.2, 0.25) is 0 Å². The fourth-order valence-electron chi connectivity index (χ4n) is 3.25. The van der Waals surface area contributed by atoms with Gasteiger partial charge in [-0.1, -0.05) is 18.2 Å². The number of hydrogen-bond donors (Lipinski definition) is 2. The molecule has 0 bridgehead atoms. The van der Waals surface area contributed by atoms with Gasteiger partial charge in [0.1, 0.15) is 18.8 Å². The lowest BCUT2D eigenvalue weighted by Crippen LogP contribution is -2.35. The summed E-state index contributed by atoms with van der Waals surface area (Å²) in [5.41, 5.74) is 2.39. The lowest BCUT2D eigenvalue weighted by atomic mass is 10.0. The molecule has 3 rings (SSSR count). The Morgan fingerprint density at radius 1 is 1.21 bits per heavy atom. The Hall–Kier alpha value is -3.34. The van der Waals surface area contributed by atoms with E-state index in [0.29, 0.717) is 41.6 Å². The van der Waals surface area contributed by atoms with E-state index in [0.717, 1.165) is 14.7 Å². The number of halogens is 1. The van der Waals surface area contributed by atoms with Crippen molar-refractivity contribution in [2.24, 2.45) is 0 Å². The van der Waals surface area contributed by atoms with E-state index in [-0.39, 0.29) is 5.70 Å². The first-order valence-corrected chi connectivity index (χ1v) is 11.2. The molecule has 0 spiro atoms. The van der Waals surface area contributed by atoms with Gasteiger partial charge >= 0.3 is 12.0 Å². The van der Waals surface area contributed by atoms with E-state index in [1.165, 1.54) is 6.08 Å². The molecule has 2 aromatic carbocycles. The summed E-state index contributed by atoms with van der Waals surface area (Å²) in [6.45, 7) is 5.70. The average molecular weight is 562 g/mol. The van der Waals surface area contributed by atoms with E-state index in [1.807, 2.05) is 37.3 Å². The molecular formula is C24H23IN2O6. The van der Waals surface area contributed by atoms with Crippen LogP contribution in [0, 0.1) is 3.57 Å². The van der Waals surface area contributed by atoms with Gasteiger partial charge in [-0.25, -0.2) is 9.69 Å². The van der Waals surface area contributed by atoms with E-state index in [2.05, 4.69) is 34.5 Å². The number of urea groups is 1. The molecule has 2 N–H and O–H groups in total. The van der Waals surface area contributed by atoms with E-state index in [1.54, 1.807) is 12.1 Å². The van der Waals surface area contributed by atoms with Crippen LogP contribution in [-0.4, -0.2) is 41.1 Å². The van der Waals surface area contributed by atoms with Crippen LogP contribution in [0.4, 0.5) is 4.79 Å². The SMILES string of the molecule is C=CCc1cc(/C=C2/NC(=O)N(CC(=O)O)C2=O)cc(OCC)c1OCc1ccc(I)cc1. The quantitative estimate of drug-likeness (QED) is 0.197. The zero-order valence-electron chi connectivity index (χ0n) is 18.0. The minimum Gasteiger partial charge on any atom is -0.490 e. The number of ether oxygens (including phenoxy) is 2. The number of hydrogen-bond acceptors (Lipinski definition) is 5. The molecule has 0 aliphatic carbocycles. The smallest absolute Gasteiger partial charge is 0.329 e. The molecule has 0 radical (unpaired) electrons. The monoisotopic (exact) mass is 562 g/mol. The molecule has 0 unspecified atom stereocenters. The van der Waals surface area contributed by atoms with Crippen molar-refractivity contribution < 1.29 is 29.0 Å². The van der Waals surface area contributed by atoms with Crippen molar-refractivity contribution in [2.75, 3.05) is 13.2 Å². The largest absolute Gasteiger partial charge is 0.490 e. The number of rotatable bonds is 10. The van der Waals surface area contributed by atoms with Crippen LogP contribution in [-0.2, 0) is 22.6 Å². The summed E-state index contributed by atoms with van der Waals surface area (Å²) in [7, 11) is 0. The minimum absolute atomic E-state index is 0.0131. The minimum atomic E-state index is -1.28. The van der Waals surface area contributed by atoms with Crippen molar-refractivity contribution in [3.8, 4) is 11.5 Å². The molecule has 1 aliphatic heterocycles. The number of amides is 3. The van der Waals surface area contributed by atoms with Crippen LogP contribution in [0.5, 0.6) is 11.5 Å². The third kappa shape index (κ3) is 6.13. The number of nitrogens with one attached hydrogen (secondary N) is 1. The molecule has 1 aliphatic rings. The van der Waals surface area contributed by atoms with Gasteiger partial charge in [0.25, 0.3) is 5.91 Å². The van der Waals surface area contributed by atoms with Gasteiger partial charge in [-0.15, -0.1) is 6.58 Å². The maximum absolute atomic E-state index is 12.5. The molecule has 9 heteroatoms. The molecule has 1 saturated heterocycles. The van der Waals surface area contributed by atoms with Crippen molar-refractivity contribution in [3.05, 3.63) is 75.0 Å². The number of carbonyl (C=O) groups is 3. The maximum atomic E-state index is 12.5. The number of carboxylic acids is 1. The van der Waals surface area contributed by atoms with Gasteiger partial charge in [0.05, 0.1) is 6.61 Å². The first-order chi connectivity index (χ1) is 15.8. The van der Waals surface area contributed by atoms with Crippen molar-refractivity contribution in [1.29, 1.82) is 0 Å². The fraction of sp³-hybridized carbons (Fsp3) is 0.208. The third-order valence-electron chi connectivity index (χ3n) is 4.68. The van der Waals surface area contributed by atoms with E-state index < -0.39 is 24.5 Å². The summed E-state index contributed by atoms with van der Waals surface area (Å²) in [6, 6.07) is 10.7. The second-order valence-corrected chi connectivity index (χ2v) is 8.37. The highest BCUT2D eigenvalue weighted by atomic mass is 127. The predicted molar refractivity (Wildman–Crippen MR) is 131 cm³/mol. The van der Waals surface area contributed by atoms with Crippen molar-refractivity contribution >= 4 is 46.6 Å². The number of carboxylic acid groups (broad SMARTS) is 1. The first kappa shape index (κ1) is 24.3. The van der Waals surface area contributed by atoms with Crippen LogP contribution >= 0.6 is 22.6 Å². The highest BCUT2D eigenvalue weighted by Crippen LogP contribution is 2.35. The lowest BCUT2D eigenvalue weighted by molar-refractivity contribution is -0.140. The molecule has 0 atom stereocenters. The molecule has 1 fully saturated rings. The van der Waals surface area contributed by atoms with Crippen molar-refractivity contribution in [1.82, 2.24) is 10.2 Å². The molecule has 2 aromatic rings. The summed E-state index contributed by atoms with van der Waals surface area (Å²) in [6.07, 6.45) is 3.71. The van der Waals surface area contributed by atoms with Crippen LogP contribution in [0.25, 0.3) is 6.08 Å². The van der Waals surface area contributed by atoms with Crippen LogP contribution in [0.1, 0.15) is 23.6 Å². The zero-order valence-corrected chi connectivity index (χ0v) is 20.1. The summed E-state index contributed by atoms with van der Waals surface area (Å²) in [5.74, 6) is -0.911. The van der Waals surface area contributed by atoms with E-state index in [4.69, 9.17) is 14.6 Å². The Morgan fingerprint density at radius 3 is 2.58 bits per heavy atom. The van der Waals surface area contributed by atoms with Crippen molar-refractivity contribution in [2.45, 2.75) is 20.0 Å². The molecule has 0 saturated carbocycles. The van der Waals surface area contributed by atoms with Gasteiger partial charge in [-0.2, -0.15) is 0 Å². The number of allylic oxidation sites excluding steroid dienone is 1. The van der Waals surface area contributed by atoms with Gasteiger partial charge in [-0.3, -0.25) is 9.59 Å². The molecule has 172 valence electrons. The maximum Gasteiger partial charge on any atom is 0.329 e. The topological polar surface area (TPSA) is 105 Å². The summed E-state index contributed by atoms with van der Waals surface area (Å²) in [4.78, 5) is 36.0. The van der Waals surface area contributed by atoms with E-state index in [9.17, 15) is 14.4 Å². The van der Waals surface area contributed by atoms with Gasteiger partial charge < -0.3 is 19.9 Å². The standard InChI is InChI=1S/C24H23IN2O6/c1-3-5-17-10-16(11-19-23(30)27(13-21(28)29)24(31)26-19)12-20(32-4-2)22(17)33-14-15-6-8-18(25)9-7-15/h3,6-12H,1,4-5,13-14H2,2H3,(H,26,31)(H,28,29)/b19-11+. The highest BCUT2D eigenvalue weighted by Gasteiger charge is 2.35. The fourth-order valence-corrected chi connectivity index (χ4v) is 3.61. The predicted octanol–water partition coefficient (Wildman–Crippen LogP) is 3.97. The lowest BCUT2D eigenvalue weighted by Gasteiger charge is -2.17. The first-order valence-electron chi connectivity index (χ1n) is 10.2. The average Bonchev–Trinajstić information content (AvgIpc) is 3.02. The normalized spacial score (nSPS) is 14.4. The van der Waals surface area contributed by atoms with Gasteiger partial charge in [-0.05, 0) is 77.4 Å². The number of nitrogens with zero attached hydrogens (tertiary/aromatic N) is 1. The Bertz CT molecular complexity index is 1110. The Labute approximate surface area is 205 Å². The van der Waals surface area contributed by atoms with E-state index >= 15 is 0 Å².